The van der Waals surface area contributed by atoms with Gasteiger partial charge in [-0.05, 0) is 45.8 Å². The van der Waals surface area contributed by atoms with Crippen LogP contribution in [0.3, 0.4) is 0 Å². The lowest BCUT2D eigenvalue weighted by Gasteiger charge is -2.13. The van der Waals surface area contributed by atoms with E-state index in [-0.39, 0.29) is 11.5 Å². The predicted molar refractivity (Wildman–Crippen MR) is 83.9 cm³/mol. The first-order valence-corrected chi connectivity index (χ1v) is 8.30. The molecule has 7 heteroatoms. The predicted octanol–water partition coefficient (Wildman–Crippen LogP) is 2.75. The molecular formula is C14H14BrNO4S. The molecule has 2 N–H and O–H groups in total. The first-order valence-electron chi connectivity index (χ1n) is 6.03. The zero-order chi connectivity index (χ0) is 15.5. The highest BCUT2D eigenvalue weighted by Gasteiger charge is 2.19. The zero-order valence-corrected chi connectivity index (χ0v) is 13.6. The van der Waals surface area contributed by atoms with Crippen molar-refractivity contribution in [1.82, 2.24) is 0 Å². The maximum atomic E-state index is 12.4. The number of para-hydroxylation sites is 2. The Balaban J connectivity index is 2.39. The second-order valence-electron chi connectivity index (χ2n) is 4.23. The number of sulfonamides is 1. The molecule has 0 fully saturated rings. The van der Waals surface area contributed by atoms with E-state index in [9.17, 15) is 8.42 Å². The van der Waals surface area contributed by atoms with E-state index in [2.05, 4.69) is 20.7 Å². The number of ether oxygens (including phenoxy) is 1. The van der Waals surface area contributed by atoms with Crippen molar-refractivity contribution in [2.45, 2.75) is 11.5 Å². The maximum Gasteiger partial charge on any atom is 0.263 e. The van der Waals surface area contributed by atoms with Gasteiger partial charge in [0.25, 0.3) is 10.0 Å². The SMILES string of the molecule is COc1ccccc1NS(=O)(=O)c1ccc(CO)cc1Br. The molecule has 0 aliphatic heterocycles. The molecule has 2 rings (SSSR count). The topological polar surface area (TPSA) is 75.6 Å². The van der Waals surface area contributed by atoms with E-state index in [1.54, 1.807) is 36.4 Å². The number of aliphatic hydroxyl groups is 1. The summed E-state index contributed by atoms with van der Waals surface area (Å²) in [5, 5.41) is 9.06. The minimum absolute atomic E-state index is 0.0885. The van der Waals surface area contributed by atoms with Crippen LogP contribution in [0.25, 0.3) is 0 Å². The zero-order valence-electron chi connectivity index (χ0n) is 11.2. The van der Waals surface area contributed by atoms with Gasteiger partial charge in [-0.15, -0.1) is 0 Å². The van der Waals surface area contributed by atoms with Crippen LogP contribution >= 0.6 is 15.9 Å². The molecule has 0 aliphatic rings. The van der Waals surface area contributed by atoms with Crippen LogP contribution in [0.15, 0.2) is 51.8 Å². The lowest BCUT2D eigenvalue weighted by Crippen LogP contribution is -2.14. The van der Waals surface area contributed by atoms with Crippen molar-refractivity contribution >= 4 is 31.6 Å². The number of benzene rings is 2. The van der Waals surface area contributed by atoms with Crippen LogP contribution in [0, 0.1) is 0 Å². The Bertz CT molecular complexity index is 746. The Hall–Kier alpha value is -1.57. The summed E-state index contributed by atoms with van der Waals surface area (Å²) in [6.07, 6.45) is 0. The van der Waals surface area contributed by atoms with E-state index in [4.69, 9.17) is 9.84 Å². The van der Waals surface area contributed by atoms with Gasteiger partial charge in [-0.2, -0.15) is 0 Å². The molecule has 5 nitrogen and oxygen atoms in total. The number of methoxy groups -OCH3 is 1. The standard InChI is InChI=1S/C14H14BrNO4S/c1-20-13-5-3-2-4-12(13)16-21(18,19)14-7-6-10(9-17)8-11(14)15/h2-8,16-17H,9H2,1H3. The fourth-order valence-electron chi connectivity index (χ4n) is 1.79. The molecule has 0 saturated heterocycles. The van der Waals surface area contributed by atoms with Gasteiger partial charge in [0.2, 0.25) is 0 Å². The van der Waals surface area contributed by atoms with E-state index >= 15 is 0 Å². The number of hydrogen-bond acceptors (Lipinski definition) is 4. The van der Waals surface area contributed by atoms with Crippen molar-refractivity contribution in [2.24, 2.45) is 0 Å². The van der Waals surface area contributed by atoms with E-state index in [1.165, 1.54) is 13.2 Å². The summed E-state index contributed by atoms with van der Waals surface area (Å²) in [5.74, 6) is 0.434. The summed E-state index contributed by atoms with van der Waals surface area (Å²) >= 11 is 3.21. The van der Waals surface area contributed by atoms with Gasteiger partial charge in [0.05, 0.1) is 19.4 Å². The number of nitrogens with one attached hydrogen (secondary N) is 1. The van der Waals surface area contributed by atoms with Gasteiger partial charge in [0, 0.05) is 4.47 Å². The molecule has 2 aromatic carbocycles. The van der Waals surface area contributed by atoms with Crippen LogP contribution in [-0.4, -0.2) is 20.6 Å². The number of aliphatic hydroxyl groups excluding tert-OH is 1. The molecule has 0 aromatic heterocycles. The highest BCUT2D eigenvalue weighted by Crippen LogP contribution is 2.29. The van der Waals surface area contributed by atoms with E-state index in [0.29, 0.717) is 21.5 Å². The molecule has 0 unspecified atom stereocenters. The first kappa shape index (κ1) is 15.8. The molecule has 0 radical (unpaired) electrons. The molecule has 2 aromatic rings. The number of anilines is 1. The number of hydrogen-bond donors (Lipinski definition) is 2. The van der Waals surface area contributed by atoms with Gasteiger partial charge >= 0.3 is 0 Å². The molecule has 112 valence electrons. The highest BCUT2D eigenvalue weighted by molar-refractivity contribution is 9.10. The van der Waals surface area contributed by atoms with Crippen LogP contribution in [0.2, 0.25) is 0 Å². The Kier molecular flexibility index (Phi) is 4.87. The Labute approximate surface area is 131 Å². The summed E-state index contributed by atoms with van der Waals surface area (Å²) in [7, 11) is -2.29. The minimum atomic E-state index is -3.76. The third kappa shape index (κ3) is 3.55. The van der Waals surface area contributed by atoms with Gasteiger partial charge < -0.3 is 9.84 Å². The average molecular weight is 372 g/mol. The molecule has 0 aliphatic carbocycles. The van der Waals surface area contributed by atoms with Crippen molar-refractivity contribution in [3.05, 3.63) is 52.5 Å². The van der Waals surface area contributed by atoms with Crippen molar-refractivity contribution in [2.75, 3.05) is 11.8 Å². The Morgan fingerprint density at radius 2 is 1.95 bits per heavy atom. The summed E-state index contributed by atoms with van der Waals surface area (Å²) in [6, 6.07) is 11.3. The second kappa shape index (κ2) is 6.46. The average Bonchev–Trinajstić information content (AvgIpc) is 2.47. The summed E-state index contributed by atoms with van der Waals surface area (Å²) in [4.78, 5) is 0.0885. The van der Waals surface area contributed by atoms with Crippen LogP contribution in [0.1, 0.15) is 5.56 Å². The summed E-state index contributed by atoms with van der Waals surface area (Å²) in [6.45, 7) is -0.154. The van der Waals surface area contributed by atoms with E-state index in [0.717, 1.165) is 0 Å². The fraction of sp³-hybridized carbons (Fsp3) is 0.143. The molecule has 0 saturated carbocycles. The smallest absolute Gasteiger partial charge is 0.263 e. The van der Waals surface area contributed by atoms with Crippen LogP contribution in [-0.2, 0) is 16.6 Å². The van der Waals surface area contributed by atoms with Crippen molar-refractivity contribution < 1.29 is 18.3 Å². The molecule has 21 heavy (non-hydrogen) atoms. The fourth-order valence-corrected chi connectivity index (χ4v) is 3.99. The quantitative estimate of drug-likeness (QED) is 0.846. The van der Waals surface area contributed by atoms with Gasteiger partial charge in [-0.1, -0.05) is 18.2 Å². The van der Waals surface area contributed by atoms with Crippen molar-refractivity contribution in [3.63, 3.8) is 0 Å². The Morgan fingerprint density at radius 1 is 1.24 bits per heavy atom. The van der Waals surface area contributed by atoms with Crippen LogP contribution in [0.5, 0.6) is 5.75 Å². The van der Waals surface area contributed by atoms with Gasteiger partial charge in [0.1, 0.15) is 10.6 Å². The molecule has 0 heterocycles. The molecule has 0 atom stereocenters. The normalized spacial score (nSPS) is 11.2. The van der Waals surface area contributed by atoms with Gasteiger partial charge in [-0.25, -0.2) is 8.42 Å². The summed E-state index contributed by atoms with van der Waals surface area (Å²) < 4.78 is 32.9. The molecular weight excluding hydrogens is 358 g/mol. The first-order chi connectivity index (χ1) is 9.97. The van der Waals surface area contributed by atoms with E-state index < -0.39 is 10.0 Å². The maximum absolute atomic E-state index is 12.4. The van der Waals surface area contributed by atoms with Crippen molar-refractivity contribution in [1.29, 1.82) is 0 Å². The van der Waals surface area contributed by atoms with Gasteiger partial charge in [-0.3, -0.25) is 4.72 Å². The van der Waals surface area contributed by atoms with Crippen LogP contribution < -0.4 is 9.46 Å². The summed E-state index contributed by atoms with van der Waals surface area (Å²) in [5.41, 5.74) is 0.983. The second-order valence-corrected chi connectivity index (χ2v) is 6.73. The molecule has 0 spiro atoms. The monoisotopic (exact) mass is 371 g/mol. The minimum Gasteiger partial charge on any atom is -0.495 e. The molecule has 0 amide bonds. The third-order valence-electron chi connectivity index (χ3n) is 2.82. The third-order valence-corrected chi connectivity index (χ3v) is 5.16. The lowest BCUT2D eigenvalue weighted by molar-refractivity contribution is 0.281. The number of rotatable bonds is 5. The van der Waals surface area contributed by atoms with E-state index in [1.807, 2.05) is 0 Å². The molecule has 0 bridgehead atoms. The largest absolute Gasteiger partial charge is 0.495 e. The van der Waals surface area contributed by atoms with Crippen molar-refractivity contribution in [3.8, 4) is 5.75 Å². The lowest BCUT2D eigenvalue weighted by atomic mass is 10.2. The van der Waals surface area contributed by atoms with Crippen LogP contribution in [0.4, 0.5) is 5.69 Å². The Morgan fingerprint density at radius 3 is 2.57 bits per heavy atom. The number of halogens is 1. The van der Waals surface area contributed by atoms with Gasteiger partial charge in [0.15, 0.2) is 0 Å². The highest BCUT2D eigenvalue weighted by atomic mass is 79.9.